The van der Waals surface area contributed by atoms with Gasteiger partial charge in [-0.15, -0.1) is 0 Å². The summed E-state index contributed by atoms with van der Waals surface area (Å²) in [7, 11) is 1.94. The molecule has 1 atom stereocenters. The van der Waals surface area contributed by atoms with Gasteiger partial charge in [0.25, 0.3) is 0 Å². The van der Waals surface area contributed by atoms with Crippen LogP contribution in [0.15, 0.2) is 35.1 Å². The number of aromatic nitrogens is 1. The van der Waals surface area contributed by atoms with Crippen molar-refractivity contribution in [2.75, 3.05) is 7.05 Å². The van der Waals surface area contributed by atoms with Crippen LogP contribution in [0.2, 0.25) is 0 Å². The zero-order chi connectivity index (χ0) is 12.4. The molecule has 0 bridgehead atoms. The van der Waals surface area contributed by atoms with E-state index in [1.165, 1.54) is 29.7 Å². The maximum Gasteiger partial charge on any atom is 0.121 e. The molecule has 0 aliphatic heterocycles. The van der Waals surface area contributed by atoms with Gasteiger partial charge in [0.1, 0.15) is 5.76 Å². The summed E-state index contributed by atoms with van der Waals surface area (Å²) < 4.78 is 5.58. The number of nitrogens with zero attached hydrogens (tertiary/aromatic N) is 1. The lowest BCUT2D eigenvalue weighted by molar-refractivity contribution is 0.482. The van der Waals surface area contributed by atoms with Crippen molar-refractivity contribution >= 4 is 0 Å². The van der Waals surface area contributed by atoms with Crippen molar-refractivity contribution in [1.82, 2.24) is 10.3 Å². The van der Waals surface area contributed by atoms with Crippen molar-refractivity contribution in [2.45, 2.75) is 31.7 Å². The van der Waals surface area contributed by atoms with E-state index >= 15 is 0 Å². The Morgan fingerprint density at radius 1 is 1.44 bits per heavy atom. The van der Waals surface area contributed by atoms with Gasteiger partial charge in [-0.25, -0.2) is 0 Å². The molecule has 1 aliphatic carbocycles. The third-order valence-electron chi connectivity index (χ3n) is 3.69. The van der Waals surface area contributed by atoms with E-state index in [9.17, 15) is 0 Å². The summed E-state index contributed by atoms with van der Waals surface area (Å²) in [6.45, 7) is 0.779. The summed E-state index contributed by atoms with van der Waals surface area (Å²) in [4.78, 5) is 4.60. The highest BCUT2D eigenvalue weighted by molar-refractivity contribution is 5.36. The van der Waals surface area contributed by atoms with E-state index in [1.54, 1.807) is 6.26 Å². The van der Waals surface area contributed by atoms with E-state index in [4.69, 9.17) is 4.42 Å². The van der Waals surface area contributed by atoms with Gasteiger partial charge in [0.05, 0.1) is 18.5 Å². The van der Waals surface area contributed by atoms with Crippen LogP contribution in [0.4, 0.5) is 0 Å². The molecular weight excluding hydrogens is 224 g/mol. The molecule has 0 aromatic carbocycles. The second-order valence-electron chi connectivity index (χ2n) is 4.82. The largest absolute Gasteiger partial charge is 0.468 e. The maximum absolute atomic E-state index is 5.58. The van der Waals surface area contributed by atoms with Gasteiger partial charge < -0.3 is 9.73 Å². The topological polar surface area (TPSA) is 38.1 Å². The fraction of sp³-hybridized carbons (Fsp3) is 0.400. The SMILES string of the molecule is CNCc1occc1C1CCCc2cccnc21. The molecule has 2 aromatic rings. The first-order valence-corrected chi connectivity index (χ1v) is 6.55. The van der Waals surface area contributed by atoms with Crippen molar-refractivity contribution in [3.05, 3.63) is 53.2 Å². The van der Waals surface area contributed by atoms with Crippen molar-refractivity contribution < 1.29 is 4.42 Å². The average molecular weight is 242 g/mol. The number of pyridine rings is 1. The van der Waals surface area contributed by atoms with E-state index in [0.29, 0.717) is 5.92 Å². The first-order valence-electron chi connectivity index (χ1n) is 6.55. The monoisotopic (exact) mass is 242 g/mol. The Balaban J connectivity index is 2.00. The molecule has 0 spiro atoms. The van der Waals surface area contributed by atoms with E-state index in [2.05, 4.69) is 22.4 Å². The van der Waals surface area contributed by atoms with Gasteiger partial charge >= 0.3 is 0 Å². The highest BCUT2D eigenvalue weighted by Crippen LogP contribution is 2.37. The Hall–Kier alpha value is -1.61. The van der Waals surface area contributed by atoms with Crippen molar-refractivity contribution in [3.8, 4) is 0 Å². The molecule has 3 rings (SSSR count). The smallest absolute Gasteiger partial charge is 0.121 e. The Morgan fingerprint density at radius 3 is 3.28 bits per heavy atom. The summed E-state index contributed by atoms with van der Waals surface area (Å²) in [6.07, 6.45) is 7.24. The molecule has 1 N–H and O–H groups in total. The molecule has 18 heavy (non-hydrogen) atoms. The third kappa shape index (κ3) is 1.95. The van der Waals surface area contributed by atoms with Gasteiger partial charge in [0.2, 0.25) is 0 Å². The summed E-state index contributed by atoms with van der Waals surface area (Å²) in [5.74, 6) is 1.44. The predicted octanol–water partition coefficient (Wildman–Crippen LogP) is 2.86. The highest BCUT2D eigenvalue weighted by Gasteiger charge is 2.25. The van der Waals surface area contributed by atoms with Crippen LogP contribution in [0.1, 0.15) is 41.3 Å². The van der Waals surface area contributed by atoms with Gasteiger partial charge in [-0.3, -0.25) is 4.98 Å². The fourth-order valence-corrected chi connectivity index (χ4v) is 2.88. The molecular formula is C15H18N2O. The Morgan fingerprint density at radius 2 is 2.39 bits per heavy atom. The molecule has 3 nitrogen and oxygen atoms in total. The second kappa shape index (κ2) is 4.94. The highest BCUT2D eigenvalue weighted by atomic mass is 16.3. The maximum atomic E-state index is 5.58. The molecule has 0 amide bonds. The zero-order valence-electron chi connectivity index (χ0n) is 10.6. The number of hydrogen-bond donors (Lipinski definition) is 1. The molecule has 1 unspecified atom stereocenters. The van der Waals surface area contributed by atoms with E-state index in [-0.39, 0.29) is 0 Å². The van der Waals surface area contributed by atoms with Crippen LogP contribution in [-0.2, 0) is 13.0 Å². The van der Waals surface area contributed by atoms with Gasteiger partial charge in [0.15, 0.2) is 0 Å². The Bertz CT molecular complexity index is 533. The number of rotatable bonds is 3. The molecule has 0 radical (unpaired) electrons. The van der Waals surface area contributed by atoms with Crippen LogP contribution >= 0.6 is 0 Å². The lowest BCUT2D eigenvalue weighted by Crippen LogP contribution is -2.15. The molecule has 0 fully saturated rings. The van der Waals surface area contributed by atoms with E-state index in [0.717, 1.165) is 18.7 Å². The van der Waals surface area contributed by atoms with Gasteiger partial charge in [-0.1, -0.05) is 6.07 Å². The van der Waals surface area contributed by atoms with Crippen molar-refractivity contribution in [3.63, 3.8) is 0 Å². The minimum Gasteiger partial charge on any atom is -0.468 e. The fourth-order valence-electron chi connectivity index (χ4n) is 2.88. The summed E-state index contributed by atoms with van der Waals surface area (Å²) in [5.41, 5.74) is 3.93. The van der Waals surface area contributed by atoms with E-state index in [1.807, 2.05) is 19.3 Å². The van der Waals surface area contributed by atoms with Gasteiger partial charge in [-0.05, 0) is 44.0 Å². The van der Waals surface area contributed by atoms with Crippen molar-refractivity contribution in [1.29, 1.82) is 0 Å². The van der Waals surface area contributed by atoms with E-state index < -0.39 is 0 Å². The molecule has 0 saturated heterocycles. The molecule has 2 heterocycles. The molecule has 0 saturated carbocycles. The number of nitrogens with one attached hydrogen (secondary N) is 1. The van der Waals surface area contributed by atoms with Crippen LogP contribution in [0.3, 0.4) is 0 Å². The van der Waals surface area contributed by atoms with Gasteiger partial charge in [0, 0.05) is 17.7 Å². The van der Waals surface area contributed by atoms with Crippen LogP contribution in [0.25, 0.3) is 0 Å². The predicted molar refractivity (Wildman–Crippen MR) is 70.5 cm³/mol. The second-order valence-corrected chi connectivity index (χ2v) is 4.82. The lowest BCUT2D eigenvalue weighted by atomic mass is 9.82. The molecule has 1 aliphatic rings. The summed E-state index contributed by atoms with van der Waals surface area (Å²) >= 11 is 0. The quantitative estimate of drug-likeness (QED) is 0.899. The van der Waals surface area contributed by atoms with Gasteiger partial charge in [-0.2, -0.15) is 0 Å². The van der Waals surface area contributed by atoms with Crippen LogP contribution in [-0.4, -0.2) is 12.0 Å². The standard InChI is InChI=1S/C15H18N2O/c1-16-10-14-12(7-9-18-14)13-6-2-4-11-5-3-8-17-15(11)13/h3,5,7-9,13,16H,2,4,6,10H2,1H3. The third-order valence-corrected chi connectivity index (χ3v) is 3.69. The zero-order valence-corrected chi connectivity index (χ0v) is 10.6. The molecule has 3 heteroatoms. The number of aryl methyl sites for hydroxylation is 1. The Kier molecular flexibility index (Phi) is 3.15. The minimum absolute atomic E-state index is 0.400. The van der Waals surface area contributed by atoms with Crippen LogP contribution in [0.5, 0.6) is 0 Å². The van der Waals surface area contributed by atoms with Crippen molar-refractivity contribution in [2.24, 2.45) is 0 Å². The number of fused-ring (bicyclic) bond motifs is 1. The number of furan rings is 1. The lowest BCUT2D eigenvalue weighted by Gasteiger charge is -2.24. The average Bonchev–Trinajstić information content (AvgIpc) is 2.87. The minimum atomic E-state index is 0.400. The Labute approximate surface area is 107 Å². The first-order chi connectivity index (χ1) is 8.90. The molecule has 94 valence electrons. The number of hydrogen-bond acceptors (Lipinski definition) is 3. The normalized spacial score (nSPS) is 18.6. The van der Waals surface area contributed by atoms with Crippen LogP contribution in [0, 0.1) is 0 Å². The summed E-state index contributed by atoms with van der Waals surface area (Å²) in [5, 5.41) is 3.16. The summed E-state index contributed by atoms with van der Waals surface area (Å²) in [6, 6.07) is 6.33. The molecule has 2 aromatic heterocycles. The first kappa shape index (κ1) is 11.5. The van der Waals surface area contributed by atoms with Crippen LogP contribution < -0.4 is 5.32 Å².